The summed E-state index contributed by atoms with van der Waals surface area (Å²) in [5, 5.41) is 20.6. The Hall–Kier alpha value is -2.59. The minimum atomic E-state index is -2.26. The van der Waals surface area contributed by atoms with Crippen LogP contribution in [0, 0.1) is 16.0 Å². The van der Waals surface area contributed by atoms with Crippen molar-refractivity contribution in [3.05, 3.63) is 39.9 Å². The molecule has 0 aromatic heterocycles. The van der Waals surface area contributed by atoms with Crippen LogP contribution in [0.3, 0.4) is 0 Å². The fourth-order valence-corrected chi connectivity index (χ4v) is 6.26. The van der Waals surface area contributed by atoms with Gasteiger partial charge in [0.25, 0.3) is 5.69 Å². The van der Waals surface area contributed by atoms with Crippen molar-refractivity contribution < 1.29 is 29.2 Å². The van der Waals surface area contributed by atoms with Crippen LogP contribution in [0.5, 0.6) is 0 Å². The van der Waals surface area contributed by atoms with Crippen LogP contribution in [0.1, 0.15) is 46.1 Å². The summed E-state index contributed by atoms with van der Waals surface area (Å²) in [6, 6.07) is 5.16. The lowest BCUT2D eigenvalue weighted by Crippen LogP contribution is -2.74. The largest absolute Gasteiger partial charge is 0.460 e. The molecule has 10 heteroatoms. The van der Waals surface area contributed by atoms with Crippen LogP contribution in [0.15, 0.2) is 24.3 Å². The Labute approximate surface area is 189 Å². The average molecular weight is 465 g/mol. The number of ketones is 1. The zero-order valence-corrected chi connectivity index (χ0v) is 20.5. The lowest BCUT2D eigenvalue weighted by molar-refractivity contribution is -0.384. The maximum Gasteiger partial charge on any atom is 0.313 e. The summed E-state index contributed by atoms with van der Waals surface area (Å²) in [5.74, 6) is -1.84. The van der Waals surface area contributed by atoms with Gasteiger partial charge < -0.3 is 14.4 Å². The van der Waals surface area contributed by atoms with Gasteiger partial charge in [-0.2, -0.15) is 0 Å². The summed E-state index contributed by atoms with van der Waals surface area (Å²) < 4.78 is 6.92. The number of ether oxygens (including phenoxy) is 1. The molecule has 1 heterocycles. The SMILES string of the molecule is C[C@@H](O)[C@H]1C(=O)N([Si](C)(C)C(C)(C)C)[C@@H]1CC(=O)CC(=O)OCc1ccc([N+](=O)[O-])cc1. The van der Waals surface area contributed by atoms with Crippen molar-refractivity contribution in [2.45, 2.75) is 77.4 Å². The lowest BCUT2D eigenvalue weighted by atomic mass is 9.82. The molecule has 3 atom stereocenters. The molecular formula is C22H32N2O7Si. The predicted octanol–water partition coefficient (Wildman–Crippen LogP) is 3.20. The summed E-state index contributed by atoms with van der Waals surface area (Å²) >= 11 is 0. The first-order valence-electron chi connectivity index (χ1n) is 10.6. The molecule has 0 radical (unpaired) electrons. The smallest absolute Gasteiger partial charge is 0.313 e. The second-order valence-corrected chi connectivity index (χ2v) is 15.0. The maximum atomic E-state index is 12.8. The number of nitro benzene ring substituents is 1. The Morgan fingerprint density at radius 3 is 2.28 bits per heavy atom. The number of Topliss-reactive ketones (excluding diaryl/α,β-unsaturated/α-hetero) is 1. The molecule has 1 fully saturated rings. The number of nitrogens with zero attached hydrogens (tertiary/aromatic N) is 2. The van der Waals surface area contributed by atoms with Gasteiger partial charge in [0.05, 0.1) is 16.9 Å². The Balaban J connectivity index is 1.98. The van der Waals surface area contributed by atoms with E-state index in [1.54, 1.807) is 11.5 Å². The van der Waals surface area contributed by atoms with Gasteiger partial charge in [0.1, 0.15) is 18.8 Å². The van der Waals surface area contributed by atoms with Gasteiger partial charge in [-0.3, -0.25) is 24.5 Å². The van der Waals surface area contributed by atoms with E-state index in [1.807, 2.05) is 0 Å². The van der Waals surface area contributed by atoms with E-state index in [2.05, 4.69) is 33.9 Å². The number of non-ortho nitro benzene ring substituents is 1. The number of aliphatic hydroxyl groups excluding tert-OH is 1. The standard InChI is InChI=1S/C22H32N2O7Si/c1-14(25)20-18(23(21(20)28)32(5,6)22(2,3)4)11-17(26)12-19(27)31-13-15-7-9-16(10-8-15)24(29)30/h7-10,14,18,20,25H,11-13H2,1-6H3/t14-,18-,20-/m1/s1. The van der Waals surface area contributed by atoms with E-state index in [1.165, 1.54) is 24.3 Å². The van der Waals surface area contributed by atoms with Crippen molar-refractivity contribution in [3.8, 4) is 0 Å². The molecule has 1 aliphatic rings. The van der Waals surface area contributed by atoms with Crippen molar-refractivity contribution >= 4 is 31.6 Å². The highest BCUT2D eigenvalue weighted by Crippen LogP contribution is 2.46. The van der Waals surface area contributed by atoms with Gasteiger partial charge in [-0.1, -0.05) is 33.9 Å². The molecule has 32 heavy (non-hydrogen) atoms. The van der Waals surface area contributed by atoms with E-state index >= 15 is 0 Å². The van der Waals surface area contributed by atoms with Crippen molar-refractivity contribution in [2.24, 2.45) is 5.92 Å². The van der Waals surface area contributed by atoms with E-state index in [-0.39, 0.29) is 35.4 Å². The third kappa shape index (κ3) is 5.42. The first-order valence-corrected chi connectivity index (χ1v) is 13.5. The normalized spacial score (nSPS) is 19.8. The number of β-lactam (4-membered cyclic amide) rings is 1. The molecule has 0 spiro atoms. The minimum absolute atomic E-state index is 0.0134. The number of esters is 1. The van der Waals surface area contributed by atoms with Crippen molar-refractivity contribution in [3.63, 3.8) is 0 Å². The van der Waals surface area contributed by atoms with Gasteiger partial charge in [0.15, 0.2) is 8.24 Å². The van der Waals surface area contributed by atoms with Gasteiger partial charge in [-0.05, 0) is 29.7 Å². The number of aliphatic hydroxyl groups is 1. The molecule has 9 nitrogen and oxygen atoms in total. The first kappa shape index (κ1) is 25.7. The third-order valence-electron chi connectivity index (χ3n) is 6.55. The molecule has 1 N–H and O–H groups in total. The fraction of sp³-hybridized carbons (Fsp3) is 0.591. The number of carbonyl (C=O) groups is 3. The number of hydrogen-bond acceptors (Lipinski definition) is 7. The molecule has 0 unspecified atom stereocenters. The van der Waals surface area contributed by atoms with Crippen LogP contribution in [-0.2, 0) is 25.7 Å². The van der Waals surface area contributed by atoms with E-state index in [0.717, 1.165) is 0 Å². The van der Waals surface area contributed by atoms with Gasteiger partial charge in [0.2, 0.25) is 5.91 Å². The predicted molar refractivity (Wildman–Crippen MR) is 120 cm³/mol. The van der Waals surface area contributed by atoms with Crippen LogP contribution in [0.4, 0.5) is 5.69 Å². The van der Waals surface area contributed by atoms with Gasteiger partial charge >= 0.3 is 5.97 Å². The third-order valence-corrected chi connectivity index (χ3v) is 12.0. The van der Waals surface area contributed by atoms with Crippen molar-refractivity contribution in [1.29, 1.82) is 0 Å². The Morgan fingerprint density at radius 1 is 1.25 bits per heavy atom. The number of hydrogen-bond donors (Lipinski definition) is 1. The van der Waals surface area contributed by atoms with E-state index in [4.69, 9.17) is 4.74 Å². The van der Waals surface area contributed by atoms with Crippen LogP contribution in [0.2, 0.25) is 18.1 Å². The summed E-state index contributed by atoms with van der Waals surface area (Å²) in [7, 11) is -2.26. The Bertz CT molecular complexity index is 891. The molecule has 0 aliphatic carbocycles. The van der Waals surface area contributed by atoms with Crippen LogP contribution in [0.25, 0.3) is 0 Å². The number of nitro groups is 1. The maximum absolute atomic E-state index is 12.8. The summed E-state index contributed by atoms with van der Waals surface area (Å²) in [6.45, 7) is 11.8. The highest BCUT2D eigenvalue weighted by atomic mass is 28.3. The van der Waals surface area contributed by atoms with Gasteiger partial charge in [-0.25, -0.2) is 0 Å². The van der Waals surface area contributed by atoms with Gasteiger partial charge in [0, 0.05) is 24.6 Å². The Morgan fingerprint density at radius 2 is 1.81 bits per heavy atom. The molecule has 1 saturated heterocycles. The monoisotopic (exact) mass is 464 g/mol. The fourth-order valence-electron chi connectivity index (χ4n) is 3.76. The van der Waals surface area contributed by atoms with Crippen LogP contribution < -0.4 is 0 Å². The molecule has 176 valence electrons. The number of rotatable bonds is 9. The van der Waals surface area contributed by atoms with Crippen LogP contribution >= 0.6 is 0 Å². The van der Waals surface area contributed by atoms with Crippen molar-refractivity contribution in [1.82, 2.24) is 4.57 Å². The molecule has 1 aliphatic heterocycles. The highest BCUT2D eigenvalue weighted by molar-refractivity contribution is 6.80. The molecular weight excluding hydrogens is 432 g/mol. The second kappa shape index (κ2) is 9.49. The summed E-state index contributed by atoms with van der Waals surface area (Å²) in [4.78, 5) is 47.7. The van der Waals surface area contributed by atoms with Gasteiger partial charge in [-0.15, -0.1) is 0 Å². The van der Waals surface area contributed by atoms with E-state index in [0.29, 0.717) is 5.56 Å². The molecule has 2 rings (SSSR count). The second-order valence-electron chi connectivity index (χ2n) is 9.85. The molecule has 1 aromatic carbocycles. The summed E-state index contributed by atoms with van der Waals surface area (Å²) in [5.41, 5.74) is 0.503. The topological polar surface area (TPSA) is 127 Å². The lowest BCUT2D eigenvalue weighted by Gasteiger charge is -2.59. The molecule has 0 saturated carbocycles. The average Bonchev–Trinajstić information content (AvgIpc) is 2.64. The van der Waals surface area contributed by atoms with E-state index in [9.17, 15) is 29.6 Å². The minimum Gasteiger partial charge on any atom is -0.460 e. The molecule has 1 amide bonds. The first-order chi connectivity index (χ1) is 14.7. The quantitative estimate of drug-likeness (QED) is 0.148. The zero-order chi connectivity index (χ0) is 24.4. The zero-order valence-electron chi connectivity index (χ0n) is 19.5. The highest BCUT2D eigenvalue weighted by Gasteiger charge is 2.58. The molecule has 0 bridgehead atoms. The van der Waals surface area contributed by atoms with E-state index < -0.39 is 43.6 Å². The number of benzene rings is 1. The van der Waals surface area contributed by atoms with Crippen molar-refractivity contribution in [2.75, 3.05) is 0 Å². The summed E-state index contributed by atoms with van der Waals surface area (Å²) in [6.07, 6.45) is -1.33. The Kier molecular flexibility index (Phi) is 7.61. The molecule has 1 aromatic rings. The van der Waals surface area contributed by atoms with Crippen LogP contribution in [-0.4, -0.2) is 52.6 Å². The number of amides is 1. The number of carbonyl (C=O) groups excluding carboxylic acids is 3.